The van der Waals surface area contributed by atoms with Gasteiger partial charge in [-0.15, -0.1) is 82.2 Å². The van der Waals surface area contributed by atoms with Gasteiger partial charge in [-0.2, -0.15) is 0 Å². The maximum atomic E-state index is 2.23. The van der Waals surface area contributed by atoms with Crippen LogP contribution in [0.3, 0.4) is 0 Å². The van der Waals surface area contributed by atoms with Crippen LogP contribution in [0.15, 0.2) is 146 Å². The Balaban J connectivity index is 0.000000168. The summed E-state index contributed by atoms with van der Waals surface area (Å²) in [6, 6.07) is 42.8. The minimum atomic E-state index is 0. The smallest absolute Gasteiger partial charge is 1.00 e. The Hall–Kier alpha value is -3.53. The van der Waals surface area contributed by atoms with Gasteiger partial charge < -0.3 is 33.9 Å². The van der Waals surface area contributed by atoms with Crippen molar-refractivity contribution in [3.63, 3.8) is 0 Å². The quantitative estimate of drug-likeness (QED) is 0.220. The molecule has 2 nitrogen and oxygen atoms in total. The average molecular weight is 579 g/mol. The van der Waals surface area contributed by atoms with E-state index in [1.165, 1.54) is 54.5 Å². The van der Waals surface area contributed by atoms with E-state index in [1.54, 1.807) is 0 Å². The molecule has 2 heterocycles. The Labute approximate surface area is 254 Å². The number of benzene rings is 4. The van der Waals surface area contributed by atoms with E-state index in [2.05, 4.69) is 155 Å². The van der Waals surface area contributed by atoms with Gasteiger partial charge in [0.25, 0.3) is 0 Å². The molecule has 39 heavy (non-hydrogen) atoms. The van der Waals surface area contributed by atoms with Crippen LogP contribution in [0.4, 0.5) is 0 Å². The van der Waals surface area contributed by atoms with E-state index < -0.39 is 0 Å². The Morgan fingerprint density at radius 2 is 0.667 bits per heavy atom. The van der Waals surface area contributed by atoms with Crippen LogP contribution in [-0.4, -0.2) is 9.13 Å². The van der Waals surface area contributed by atoms with Gasteiger partial charge in [0.05, 0.1) is 0 Å². The standard InChI is InChI=1S/2C17H12N.2ClH.Ti/c2*1-2-6-14-10-17(9-13(14)5-1)18-11-15-7-3-4-8-16(15)12-18;;;/h2*1-12H;2*1H;/q2*-1;;;+4/p-2. The molecule has 0 N–H and O–H groups in total. The second kappa shape index (κ2) is 12.1. The van der Waals surface area contributed by atoms with Crippen molar-refractivity contribution in [2.45, 2.75) is 0 Å². The van der Waals surface area contributed by atoms with Gasteiger partial charge in [-0.3, -0.25) is 0 Å². The van der Waals surface area contributed by atoms with Crippen LogP contribution in [0.1, 0.15) is 0 Å². The molecule has 0 aliphatic rings. The monoisotopic (exact) mass is 578 g/mol. The van der Waals surface area contributed by atoms with E-state index >= 15 is 0 Å². The van der Waals surface area contributed by atoms with Gasteiger partial charge >= 0.3 is 21.7 Å². The summed E-state index contributed by atoms with van der Waals surface area (Å²) in [5.41, 5.74) is 2.46. The van der Waals surface area contributed by atoms with Gasteiger partial charge in [-0.1, -0.05) is 60.7 Å². The van der Waals surface area contributed by atoms with Crippen molar-refractivity contribution in [1.82, 2.24) is 9.13 Å². The number of hydrogen-bond acceptors (Lipinski definition) is 0. The van der Waals surface area contributed by atoms with Crippen LogP contribution in [0.5, 0.6) is 0 Å². The Morgan fingerprint density at radius 1 is 0.385 bits per heavy atom. The molecule has 0 amide bonds. The van der Waals surface area contributed by atoms with Gasteiger partial charge in [0.1, 0.15) is 0 Å². The topological polar surface area (TPSA) is 9.86 Å². The molecule has 0 saturated carbocycles. The molecule has 188 valence electrons. The van der Waals surface area contributed by atoms with Crippen molar-refractivity contribution in [2.75, 3.05) is 0 Å². The molecule has 0 aliphatic heterocycles. The summed E-state index contributed by atoms with van der Waals surface area (Å²) >= 11 is 0. The summed E-state index contributed by atoms with van der Waals surface area (Å²) in [5.74, 6) is 0. The number of fused-ring (bicyclic) bond motifs is 4. The Kier molecular flexibility index (Phi) is 8.85. The fourth-order valence-corrected chi connectivity index (χ4v) is 5.03. The first kappa shape index (κ1) is 28.5. The minimum Gasteiger partial charge on any atom is -1.00 e. The third kappa shape index (κ3) is 5.61. The average Bonchev–Trinajstić information content (AvgIpc) is 3.70. The predicted octanol–water partition coefficient (Wildman–Crippen LogP) is 3.01. The van der Waals surface area contributed by atoms with Crippen molar-refractivity contribution in [3.8, 4) is 11.4 Å². The third-order valence-electron chi connectivity index (χ3n) is 6.91. The van der Waals surface area contributed by atoms with Crippen molar-refractivity contribution in [1.29, 1.82) is 0 Å². The van der Waals surface area contributed by atoms with Crippen LogP contribution in [0, 0.1) is 0 Å². The first-order valence-corrected chi connectivity index (χ1v) is 12.3. The summed E-state index contributed by atoms with van der Waals surface area (Å²) in [4.78, 5) is 0. The number of rotatable bonds is 2. The first-order chi connectivity index (χ1) is 17.8. The van der Waals surface area contributed by atoms with Crippen LogP contribution in [0.2, 0.25) is 0 Å². The molecule has 8 rings (SSSR count). The summed E-state index contributed by atoms with van der Waals surface area (Å²) in [6.45, 7) is 0. The van der Waals surface area contributed by atoms with Gasteiger partial charge in [0.15, 0.2) is 0 Å². The second-order valence-corrected chi connectivity index (χ2v) is 9.27. The van der Waals surface area contributed by atoms with Crippen LogP contribution >= 0.6 is 0 Å². The predicted molar refractivity (Wildman–Crippen MR) is 153 cm³/mol. The summed E-state index contributed by atoms with van der Waals surface area (Å²) < 4.78 is 4.40. The van der Waals surface area contributed by atoms with E-state index in [0.717, 1.165) is 0 Å². The van der Waals surface area contributed by atoms with Gasteiger partial charge in [0.2, 0.25) is 0 Å². The molecule has 0 fully saturated rings. The van der Waals surface area contributed by atoms with E-state index in [0.29, 0.717) is 0 Å². The molecule has 8 aromatic rings. The molecule has 2 aromatic heterocycles. The molecule has 5 heteroatoms. The summed E-state index contributed by atoms with van der Waals surface area (Å²) in [6.07, 6.45) is 8.74. The van der Waals surface area contributed by atoms with Crippen LogP contribution < -0.4 is 24.8 Å². The molecule has 0 saturated heterocycles. The number of nitrogens with zero attached hydrogens (tertiary/aromatic N) is 2. The molecular weight excluding hydrogens is 555 g/mol. The largest absolute Gasteiger partial charge is 4.00 e. The second-order valence-electron chi connectivity index (χ2n) is 9.27. The fraction of sp³-hybridized carbons (Fsp3) is 0. The maximum Gasteiger partial charge on any atom is 4.00 e. The maximum absolute atomic E-state index is 2.23. The van der Waals surface area contributed by atoms with E-state index in [9.17, 15) is 0 Å². The normalized spacial score (nSPS) is 10.5. The fourth-order valence-electron chi connectivity index (χ4n) is 5.03. The summed E-state index contributed by atoms with van der Waals surface area (Å²) in [7, 11) is 0. The molecular formula is C34H24Cl2N2Ti. The number of aromatic nitrogens is 2. The van der Waals surface area contributed by atoms with Gasteiger partial charge in [0, 0.05) is 24.8 Å². The number of hydrogen-bond donors (Lipinski definition) is 0. The van der Waals surface area contributed by atoms with Crippen molar-refractivity contribution < 1.29 is 46.5 Å². The van der Waals surface area contributed by atoms with Crippen molar-refractivity contribution in [3.05, 3.63) is 146 Å². The van der Waals surface area contributed by atoms with E-state index in [-0.39, 0.29) is 46.5 Å². The van der Waals surface area contributed by atoms with Crippen molar-refractivity contribution in [2.24, 2.45) is 0 Å². The van der Waals surface area contributed by atoms with E-state index in [1.807, 2.05) is 0 Å². The van der Waals surface area contributed by atoms with Crippen LogP contribution in [-0.2, 0) is 21.7 Å². The molecule has 0 aliphatic carbocycles. The molecule has 0 bridgehead atoms. The van der Waals surface area contributed by atoms with Crippen LogP contribution in [0.25, 0.3) is 54.5 Å². The van der Waals surface area contributed by atoms with Gasteiger partial charge in [-0.25, -0.2) is 0 Å². The molecule has 0 spiro atoms. The zero-order chi connectivity index (χ0) is 23.9. The summed E-state index contributed by atoms with van der Waals surface area (Å²) in [5, 5.41) is 10.3. The van der Waals surface area contributed by atoms with Crippen molar-refractivity contribution >= 4 is 43.1 Å². The number of halogens is 2. The molecule has 0 unspecified atom stereocenters. The van der Waals surface area contributed by atoms with E-state index in [4.69, 9.17) is 0 Å². The third-order valence-corrected chi connectivity index (χ3v) is 6.91. The first-order valence-electron chi connectivity index (χ1n) is 12.3. The molecule has 0 atom stereocenters. The SMILES string of the molecule is [Cl-].[Cl-].[Ti+4].c1ccc2cn(-c3cc4ccccc4[cH-]3)cc2c1.c1ccc2cn(-c3cc4ccccc4[cH-]3)cc2c1. The molecule has 6 aromatic carbocycles. The van der Waals surface area contributed by atoms with Gasteiger partial charge in [-0.05, 0) is 32.9 Å². The minimum absolute atomic E-state index is 0. The Bertz CT molecular complexity index is 1550. The molecule has 0 radical (unpaired) electrons. The Morgan fingerprint density at radius 3 is 0.974 bits per heavy atom. The zero-order valence-electron chi connectivity index (χ0n) is 21.0. The zero-order valence-corrected chi connectivity index (χ0v) is 24.1.